The lowest BCUT2D eigenvalue weighted by Gasteiger charge is -1.95. The smallest absolute Gasteiger partial charge is 0.450 e. The van der Waals surface area contributed by atoms with E-state index in [-0.39, 0.29) is 18.8 Å². The van der Waals surface area contributed by atoms with Gasteiger partial charge >= 0.3 is 6.16 Å². The van der Waals surface area contributed by atoms with Gasteiger partial charge in [-0.2, -0.15) is 0 Å². The average molecular weight is 194 g/mol. The van der Waals surface area contributed by atoms with Crippen LogP contribution in [0.15, 0.2) is 30.3 Å². The zero-order valence-electron chi connectivity index (χ0n) is 7.42. The molecule has 4 nitrogen and oxygen atoms in total. The van der Waals surface area contributed by atoms with E-state index in [1.165, 1.54) is 0 Å². The zero-order chi connectivity index (χ0) is 9.97. The summed E-state index contributed by atoms with van der Waals surface area (Å²) in [6, 6.07) is 9.67. The third-order valence-electron chi connectivity index (χ3n) is 2.08. The van der Waals surface area contributed by atoms with Gasteiger partial charge in [0.25, 0.3) is 0 Å². The van der Waals surface area contributed by atoms with Crippen LogP contribution in [-0.2, 0) is 9.47 Å². The molecule has 0 spiro atoms. The molecule has 1 heterocycles. The number of benzene rings is 1. The van der Waals surface area contributed by atoms with Gasteiger partial charge in [-0.1, -0.05) is 30.3 Å². The molecule has 2 rings (SSSR count). The lowest BCUT2D eigenvalue weighted by Crippen LogP contribution is -2.07. The van der Waals surface area contributed by atoms with Crippen molar-refractivity contribution >= 4 is 6.16 Å². The summed E-state index contributed by atoms with van der Waals surface area (Å²) in [5, 5.41) is 8.27. The van der Waals surface area contributed by atoms with Gasteiger partial charge in [-0.15, -0.1) is 0 Å². The zero-order valence-corrected chi connectivity index (χ0v) is 7.42. The second-order valence-electron chi connectivity index (χ2n) is 3.08. The number of hydrogen-bond acceptors (Lipinski definition) is 3. The minimum atomic E-state index is -1.26. The lowest BCUT2D eigenvalue weighted by atomic mass is 10.1. The molecular formula is C10H10O4. The van der Waals surface area contributed by atoms with E-state index in [0.29, 0.717) is 0 Å². The van der Waals surface area contributed by atoms with E-state index in [9.17, 15) is 4.79 Å². The van der Waals surface area contributed by atoms with E-state index in [2.05, 4.69) is 4.74 Å². The highest BCUT2D eigenvalue weighted by Gasteiger charge is 2.40. The summed E-state index contributed by atoms with van der Waals surface area (Å²) in [5.41, 5.74) is 1.06. The molecule has 1 aromatic carbocycles. The van der Waals surface area contributed by atoms with Gasteiger partial charge in [0.05, 0.1) is 0 Å². The maximum Gasteiger partial charge on any atom is 0.505 e. The number of epoxide rings is 1. The van der Waals surface area contributed by atoms with Gasteiger partial charge < -0.3 is 14.6 Å². The Labute approximate surface area is 81.1 Å². The molecule has 0 radical (unpaired) electrons. The molecule has 2 atom stereocenters. The minimum Gasteiger partial charge on any atom is -0.450 e. The summed E-state index contributed by atoms with van der Waals surface area (Å²) in [6.07, 6.45) is -1.38. The molecule has 0 amide bonds. The van der Waals surface area contributed by atoms with Crippen molar-refractivity contribution in [1.29, 1.82) is 0 Å². The average Bonchev–Trinajstić information content (AvgIpc) is 2.95. The Hall–Kier alpha value is -1.55. The maximum absolute atomic E-state index is 10.1. The molecular weight excluding hydrogens is 184 g/mol. The third kappa shape index (κ3) is 2.03. The van der Waals surface area contributed by atoms with Crippen molar-refractivity contribution in [3.8, 4) is 0 Å². The molecule has 0 unspecified atom stereocenters. The van der Waals surface area contributed by atoms with Crippen molar-refractivity contribution < 1.29 is 19.4 Å². The molecule has 0 bridgehead atoms. The van der Waals surface area contributed by atoms with Crippen LogP contribution in [0.2, 0.25) is 0 Å². The fourth-order valence-electron chi connectivity index (χ4n) is 1.36. The van der Waals surface area contributed by atoms with E-state index >= 15 is 0 Å². The Bertz CT molecular complexity index is 322. The Morgan fingerprint density at radius 2 is 2.14 bits per heavy atom. The molecule has 1 N–H and O–H groups in total. The molecule has 14 heavy (non-hydrogen) atoms. The van der Waals surface area contributed by atoms with E-state index in [1.54, 1.807) is 0 Å². The first-order chi connectivity index (χ1) is 6.77. The summed E-state index contributed by atoms with van der Waals surface area (Å²) in [6.45, 7) is 0.106. The van der Waals surface area contributed by atoms with Crippen LogP contribution in [-0.4, -0.2) is 24.0 Å². The number of ether oxygens (including phenoxy) is 2. The summed E-state index contributed by atoms with van der Waals surface area (Å²) in [7, 11) is 0. The summed E-state index contributed by atoms with van der Waals surface area (Å²) < 4.78 is 9.67. The van der Waals surface area contributed by atoms with Gasteiger partial charge in [-0.25, -0.2) is 4.79 Å². The number of rotatable bonds is 3. The predicted molar refractivity (Wildman–Crippen MR) is 48.0 cm³/mol. The molecule has 1 fully saturated rings. The van der Waals surface area contributed by atoms with Crippen LogP contribution >= 0.6 is 0 Å². The highest BCUT2D eigenvalue weighted by atomic mass is 16.7. The minimum absolute atomic E-state index is 0.00412. The Morgan fingerprint density at radius 1 is 1.43 bits per heavy atom. The second kappa shape index (κ2) is 3.67. The monoisotopic (exact) mass is 194 g/mol. The normalized spacial score (nSPS) is 24.3. The van der Waals surface area contributed by atoms with Crippen molar-refractivity contribution in [2.75, 3.05) is 6.61 Å². The van der Waals surface area contributed by atoms with Gasteiger partial charge in [0.2, 0.25) is 0 Å². The molecule has 1 aliphatic rings. The molecule has 4 heteroatoms. The van der Waals surface area contributed by atoms with Crippen LogP contribution in [0.5, 0.6) is 0 Å². The second-order valence-corrected chi connectivity index (χ2v) is 3.08. The first-order valence-electron chi connectivity index (χ1n) is 4.33. The van der Waals surface area contributed by atoms with E-state index in [0.717, 1.165) is 5.56 Å². The fourth-order valence-corrected chi connectivity index (χ4v) is 1.36. The van der Waals surface area contributed by atoms with Crippen molar-refractivity contribution in [1.82, 2.24) is 0 Å². The largest absolute Gasteiger partial charge is 0.505 e. The summed E-state index contributed by atoms with van der Waals surface area (Å²) >= 11 is 0. The molecule has 74 valence electrons. The quantitative estimate of drug-likeness (QED) is 0.589. The molecule has 0 aliphatic carbocycles. The van der Waals surface area contributed by atoms with Crippen molar-refractivity contribution in [3.05, 3.63) is 35.9 Å². The molecule has 0 saturated carbocycles. The van der Waals surface area contributed by atoms with E-state index < -0.39 is 6.16 Å². The Kier molecular flexibility index (Phi) is 2.37. The molecule has 1 aromatic rings. The molecule has 0 aromatic heterocycles. The Balaban J connectivity index is 1.85. The van der Waals surface area contributed by atoms with Crippen molar-refractivity contribution in [2.24, 2.45) is 0 Å². The Morgan fingerprint density at radius 3 is 2.79 bits per heavy atom. The first kappa shape index (κ1) is 9.02. The van der Waals surface area contributed by atoms with Gasteiger partial charge in [-0.3, -0.25) is 0 Å². The highest BCUT2D eigenvalue weighted by Crippen LogP contribution is 2.38. The van der Waals surface area contributed by atoms with Gasteiger partial charge in [0, 0.05) is 0 Å². The van der Waals surface area contributed by atoms with Crippen LogP contribution in [0, 0.1) is 0 Å². The number of carboxylic acid groups (broad SMARTS) is 1. The fraction of sp³-hybridized carbons (Fsp3) is 0.300. The first-order valence-corrected chi connectivity index (χ1v) is 4.33. The van der Waals surface area contributed by atoms with Crippen LogP contribution < -0.4 is 0 Å². The molecule has 1 aliphatic heterocycles. The molecule has 1 saturated heterocycles. The topological polar surface area (TPSA) is 59.1 Å². The van der Waals surface area contributed by atoms with Crippen molar-refractivity contribution in [2.45, 2.75) is 12.2 Å². The number of carbonyl (C=O) groups is 1. The lowest BCUT2D eigenvalue weighted by molar-refractivity contribution is 0.0848. The van der Waals surface area contributed by atoms with Gasteiger partial charge in [0.1, 0.15) is 18.8 Å². The summed E-state index contributed by atoms with van der Waals surface area (Å²) in [4.78, 5) is 10.1. The number of hydrogen-bond donors (Lipinski definition) is 1. The van der Waals surface area contributed by atoms with E-state index in [4.69, 9.17) is 9.84 Å². The van der Waals surface area contributed by atoms with Gasteiger partial charge in [-0.05, 0) is 5.56 Å². The van der Waals surface area contributed by atoms with Crippen LogP contribution in [0.4, 0.5) is 4.79 Å². The predicted octanol–water partition coefficient (Wildman–Crippen LogP) is 1.82. The third-order valence-corrected chi connectivity index (χ3v) is 2.08. The standard InChI is InChI=1S/C10H10O4/c11-10(12)13-6-8-9(14-8)7-4-2-1-3-5-7/h1-5,8-9H,6H2,(H,11,12)/t8-,9-/m0/s1. The van der Waals surface area contributed by atoms with Crippen molar-refractivity contribution in [3.63, 3.8) is 0 Å². The van der Waals surface area contributed by atoms with Crippen LogP contribution in [0.3, 0.4) is 0 Å². The SMILES string of the molecule is O=C(O)OC[C@@H]1O[C@H]1c1ccccc1. The van der Waals surface area contributed by atoms with Gasteiger partial charge in [0.15, 0.2) is 0 Å². The van der Waals surface area contributed by atoms with Crippen LogP contribution in [0.25, 0.3) is 0 Å². The summed E-state index contributed by atoms with van der Waals surface area (Å²) in [5.74, 6) is 0. The van der Waals surface area contributed by atoms with E-state index in [1.807, 2.05) is 30.3 Å². The maximum atomic E-state index is 10.1. The van der Waals surface area contributed by atoms with Crippen LogP contribution in [0.1, 0.15) is 11.7 Å². The highest BCUT2D eigenvalue weighted by molar-refractivity contribution is 5.56.